The number of azo groups is 1. The van der Waals surface area contributed by atoms with Crippen molar-refractivity contribution in [2.24, 2.45) is 10.2 Å². The molecule has 1 aromatic heterocycles. The van der Waals surface area contributed by atoms with Crippen LogP contribution in [0, 0.1) is 0 Å². The first-order chi connectivity index (χ1) is 10.6. The van der Waals surface area contributed by atoms with Crippen LogP contribution in [0.25, 0.3) is 11.3 Å². The number of halogens is 1. The van der Waals surface area contributed by atoms with Gasteiger partial charge < -0.3 is 5.73 Å². The summed E-state index contributed by atoms with van der Waals surface area (Å²) in [6.07, 6.45) is 0. The summed E-state index contributed by atoms with van der Waals surface area (Å²) in [5, 5.41) is 13.8. The molecule has 4 N–H and O–H groups in total. The zero-order valence-corrected chi connectivity index (χ0v) is 12.1. The van der Waals surface area contributed by atoms with Gasteiger partial charge >= 0.3 is 0 Å². The number of hydrogen-bond donors (Lipinski definition) is 3. The monoisotopic (exact) mass is 313 g/mol. The number of nitrogens with zero attached hydrogens (tertiary/aromatic N) is 2. The van der Waals surface area contributed by atoms with E-state index in [0.717, 1.165) is 5.56 Å². The van der Waals surface area contributed by atoms with Crippen LogP contribution in [-0.4, -0.2) is 10.2 Å². The highest BCUT2D eigenvalue weighted by atomic mass is 35.5. The first-order valence-electron chi connectivity index (χ1n) is 6.48. The van der Waals surface area contributed by atoms with E-state index in [1.807, 2.05) is 6.07 Å². The number of nitrogens with two attached hydrogens (primary N) is 1. The van der Waals surface area contributed by atoms with Crippen molar-refractivity contribution < 1.29 is 0 Å². The number of aromatic nitrogens is 2. The second-order valence-electron chi connectivity index (χ2n) is 4.58. The number of rotatable bonds is 3. The Kier molecular flexibility index (Phi) is 3.76. The molecule has 0 saturated heterocycles. The fourth-order valence-electron chi connectivity index (χ4n) is 1.99. The number of benzene rings is 2. The summed E-state index contributed by atoms with van der Waals surface area (Å²) in [4.78, 5) is 11.9. The van der Waals surface area contributed by atoms with Crippen molar-refractivity contribution in [2.75, 3.05) is 5.73 Å². The van der Waals surface area contributed by atoms with Gasteiger partial charge in [0.25, 0.3) is 5.56 Å². The molecule has 0 spiro atoms. The Labute approximate surface area is 130 Å². The Bertz CT molecular complexity index is 897. The van der Waals surface area contributed by atoms with Gasteiger partial charge in [-0.15, -0.1) is 10.2 Å². The fourth-order valence-corrected chi connectivity index (χ4v) is 2.16. The molecule has 0 aliphatic rings. The summed E-state index contributed by atoms with van der Waals surface area (Å²) in [5.74, 6) is 0. The molecule has 0 bridgehead atoms. The van der Waals surface area contributed by atoms with Crippen molar-refractivity contribution in [1.82, 2.24) is 10.2 Å². The molecule has 0 atom stereocenters. The maximum absolute atomic E-state index is 11.9. The maximum Gasteiger partial charge on any atom is 0.292 e. The normalized spacial score (nSPS) is 11.1. The predicted molar refractivity (Wildman–Crippen MR) is 86.9 cm³/mol. The predicted octanol–water partition coefficient (Wildman–Crippen LogP) is 4.02. The second-order valence-corrected chi connectivity index (χ2v) is 4.99. The zero-order chi connectivity index (χ0) is 15.5. The Hall–Kier alpha value is -2.86. The van der Waals surface area contributed by atoms with Gasteiger partial charge in [0.2, 0.25) is 0 Å². The molecular weight excluding hydrogens is 302 g/mol. The van der Waals surface area contributed by atoms with Crippen LogP contribution in [0.4, 0.5) is 17.1 Å². The molecule has 7 heteroatoms. The van der Waals surface area contributed by atoms with E-state index in [1.54, 1.807) is 42.5 Å². The lowest BCUT2D eigenvalue weighted by Gasteiger charge is -2.00. The lowest BCUT2D eigenvalue weighted by molar-refractivity contribution is 1.06. The zero-order valence-electron chi connectivity index (χ0n) is 11.4. The van der Waals surface area contributed by atoms with Crippen LogP contribution in [0.2, 0.25) is 5.02 Å². The Morgan fingerprint density at radius 2 is 1.82 bits per heavy atom. The van der Waals surface area contributed by atoms with Gasteiger partial charge in [0, 0.05) is 11.3 Å². The molecule has 110 valence electrons. The highest BCUT2D eigenvalue weighted by Crippen LogP contribution is 2.29. The third-order valence-electron chi connectivity index (χ3n) is 3.04. The minimum atomic E-state index is -0.367. The second kappa shape index (κ2) is 5.87. The fraction of sp³-hybridized carbons (Fsp3) is 0. The van der Waals surface area contributed by atoms with Crippen LogP contribution in [0.1, 0.15) is 0 Å². The number of anilines is 1. The number of H-pyrrole nitrogens is 2. The van der Waals surface area contributed by atoms with Gasteiger partial charge in [0.15, 0.2) is 5.69 Å². The standard InChI is InChI=1S/C15H12ClN5O/c16-11-6-1-2-7-12(11)18-20-14-13(19-21-15(14)22)9-4-3-5-10(17)8-9/h1-8H,17H2,(H2,19,21,22). The molecule has 0 aliphatic heterocycles. The van der Waals surface area contributed by atoms with Crippen LogP contribution < -0.4 is 11.3 Å². The molecule has 0 aliphatic carbocycles. The van der Waals surface area contributed by atoms with E-state index in [9.17, 15) is 4.79 Å². The van der Waals surface area contributed by atoms with E-state index in [0.29, 0.717) is 22.1 Å². The van der Waals surface area contributed by atoms with Crippen LogP contribution in [0.5, 0.6) is 0 Å². The summed E-state index contributed by atoms with van der Waals surface area (Å²) in [6.45, 7) is 0. The lowest BCUT2D eigenvalue weighted by atomic mass is 10.1. The summed E-state index contributed by atoms with van der Waals surface area (Å²) in [5.41, 5.74) is 7.91. The van der Waals surface area contributed by atoms with Crippen LogP contribution in [0.15, 0.2) is 63.6 Å². The molecule has 0 unspecified atom stereocenters. The molecule has 0 fully saturated rings. The molecule has 0 amide bonds. The average Bonchev–Trinajstić information content (AvgIpc) is 2.87. The van der Waals surface area contributed by atoms with Gasteiger partial charge in [-0.3, -0.25) is 15.0 Å². The Morgan fingerprint density at radius 3 is 2.59 bits per heavy atom. The Morgan fingerprint density at radius 1 is 1.00 bits per heavy atom. The molecule has 3 rings (SSSR count). The quantitative estimate of drug-likeness (QED) is 0.502. The van der Waals surface area contributed by atoms with E-state index < -0.39 is 0 Å². The molecule has 0 radical (unpaired) electrons. The van der Waals surface area contributed by atoms with Crippen molar-refractivity contribution >= 4 is 28.7 Å². The molecule has 3 aromatic rings. The number of hydrogen-bond acceptors (Lipinski definition) is 4. The van der Waals surface area contributed by atoms with Crippen LogP contribution in [-0.2, 0) is 0 Å². The third-order valence-corrected chi connectivity index (χ3v) is 3.36. The van der Waals surface area contributed by atoms with E-state index in [1.165, 1.54) is 0 Å². The minimum absolute atomic E-state index is 0.172. The van der Waals surface area contributed by atoms with Gasteiger partial charge in [0.1, 0.15) is 5.69 Å². The third kappa shape index (κ3) is 2.77. The molecule has 0 saturated carbocycles. The summed E-state index contributed by atoms with van der Waals surface area (Å²) >= 11 is 6.02. The van der Waals surface area contributed by atoms with Crippen molar-refractivity contribution in [3.8, 4) is 11.3 Å². The molecule has 6 nitrogen and oxygen atoms in total. The van der Waals surface area contributed by atoms with Gasteiger partial charge in [0.05, 0.1) is 10.7 Å². The molecule has 2 aromatic carbocycles. The molecular formula is C15H12ClN5O. The summed E-state index contributed by atoms with van der Waals surface area (Å²) < 4.78 is 0. The molecule has 22 heavy (non-hydrogen) atoms. The van der Waals surface area contributed by atoms with Crippen molar-refractivity contribution in [3.63, 3.8) is 0 Å². The van der Waals surface area contributed by atoms with Gasteiger partial charge in [-0.2, -0.15) is 0 Å². The first kappa shape index (κ1) is 14.1. The first-order valence-corrected chi connectivity index (χ1v) is 6.86. The minimum Gasteiger partial charge on any atom is -0.399 e. The maximum atomic E-state index is 11.9. The largest absolute Gasteiger partial charge is 0.399 e. The van der Waals surface area contributed by atoms with Crippen LogP contribution >= 0.6 is 11.6 Å². The van der Waals surface area contributed by atoms with Crippen molar-refractivity contribution in [1.29, 1.82) is 0 Å². The Balaban J connectivity index is 2.04. The number of aromatic amines is 2. The van der Waals surface area contributed by atoms with E-state index in [4.69, 9.17) is 17.3 Å². The van der Waals surface area contributed by atoms with Crippen molar-refractivity contribution in [2.45, 2.75) is 0 Å². The lowest BCUT2D eigenvalue weighted by Crippen LogP contribution is -1.96. The van der Waals surface area contributed by atoms with Gasteiger partial charge in [-0.25, -0.2) is 0 Å². The topological polar surface area (TPSA) is 99.4 Å². The SMILES string of the molecule is Nc1cccc(-c2[nH][nH]c(=O)c2N=Nc2ccccc2Cl)c1. The van der Waals surface area contributed by atoms with E-state index >= 15 is 0 Å². The summed E-state index contributed by atoms with van der Waals surface area (Å²) in [6, 6.07) is 14.1. The van der Waals surface area contributed by atoms with Crippen LogP contribution in [0.3, 0.4) is 0 Å². The van der Waals surface area contributed by atoms with Gasteiger partial charge in [-0.05, 0) is 24.3 Å². The van der Waals surface area contributed by atoms with E-state index in [2.05, 4.69) is 20.4 Å². The highest BCUT2D eigenvalue weighted by Gasteiger charge is 2.12. The number of nitrogens with one attached hydrogen (secondary N) is 2. The van der Waals surface area contributed by atoms with E-state index in [-0.39, 0.29) is 11.2 Å². The van der Waals surface area contributed by atoms with Gasteiger partial charge in [-0.1, -0.05) is 35.9 Å². The highest BCUT2D eigenvalue weighted by molar-refractivity contribution is 6.32. The smallest absolute Gasteiger partial charge is 0.292 e. The number of nitrogen functional groups attached to an aromatic ring is 1. The average molecular weight is 314 g/mol. The summed E-state index contributed by atoms with van der Waals surface area (Å²) in [7, 11) is 0. The molecule has 1 heterocycles. The van der Waals surface area contributed by atoms with Crippen molar-refractivity contribution in [3.05, 3.63) is 63.9 Å².